The summed E-state index contributed by atoms with van der Waals surface area (Å²) in [7, 11) is 0. The number of carbonyl (C=O) groups excluding carboxylic acids is 1. The van der Waals surface area contributed by atoms with E-state index in [1.54, 1.807) is 4.90 Å². The molecule has 0 bridgehead atoms. The van der Waals surface area contributed by atoms with E-state index in [2.05, 4.69) is 20.9 Å². The monoisotopic (exact) mass is 373 g/mol. The van der Waals surface area contributed by atoms with Gasteiger partial charge >= 0.3 is 6.03 Å². The molecule has 0 saturated heterocycles. The van der Waals surface area contributed by atoms with Crippen molar-refractivity contribution >= 4 is 17.7 Å². The highest BCUT2D eigenvalue weighted by Gasteiger charge is 2.29. The second-order valence-electron chi connectivity index (χ2n) is 6.51. The van der Waals surface area contributed by atoms with Crippen LogP contribution in [0, 0.1) is 0 Å². The van der Waals surface area contributed by atoms with Crippen molar-refractivity contribution in [2.24, 2.45) is 16.5 Å². The van der Waals surface area contributed by atoms with E-state index in [0.29, 0.717) is 6.54 Å². The molecule has 0 radical (unpaired) electrons. The molecule has 9 heteroatoms. The van der Waals surface area contributed by atoms with Crippen LogP contribution in [0.1, 0.15) is 12.5 Å². The second kappa shape index (κ2) is 8.09. The van der Waals surface area contributed by atoms with Crippen LogP contribution in [0.5, 0.6) is 0 Å². The number of aliphatic imine (C=N–C) groups is 1. The minimum Gasteiger partial charge on any atom is -0.370 e. The average Bonchev–Trinajstić information content (AvgIpc) is 2.99. The molecule has 2 heterocycles. The van der Waals surface area contributed by atoms with Gasteiger partial charge in [-0.25, -0.2) is 9.18 Å². The predicted octanol–water partition coefficient (Wildman–Crippen LogP) is 0.634. The third kappa shape index (κ3) is 4.76. The van der Waals surface area contributed by atoms with E-state index >= 15 is 0 Å². The fraction of sp³-hybridized carbons (Fsp3) is 0.333. The van der Waals surface area contributed by atoms with Gasteiger partial charge in [0.2, 0.25) is 0 Å². The van der Waals surface area contributed by atoms with Crippen molar-refractivity contribution in [3.63, 3.8) is 0 Å². The molecule has 1 aromatic rings. The zero-order chi connectivity index (χ0) is 19.4. The second-order valence-corrected chi connectivity index (χ2v) is 6.51. The quantitative estimate of drug-likeness (QED) is 0.355. The maximum absolute atomic E-state index is 13.6. The summed E-state index contributed by atoms with van der Waals surface area (Å²) in [4.78, 5) is 17.5. The number of allylic oxidation sites excluding steroid dienone is 1. The third-order valence-electron chi connectivity index (χ3n) is 4.23. The first-order valence-electron chi connectivity index (χ1n) is 8.68. The first-order valence-corrected chi connectivity index (χ1v) is 8.68. The van der Waals surface area contributed by atoms with Crippen molar-refractivity contribution in [2.45, 2.75) is 25.8 Å². The van der Waals surface area contributed by atoms with Gasteiger partial charge in [0, 0.05) is 30.6 Å². The lowest BCUT2D eigenvalue weighted by atomic mass is 10.1. The van der Waals surface area contributed by atoms with E-state index in [1.807, 2.05) is 43.5 Å². The number of rotatable bonds is 7. The first-order chi connectivity index (χ1) is 12.9. The van der Waals surface area contributed by atoms with Gasteiger partial charge in [0.1, 0.15) is 12.3 Å². The lowest BCUT2D eigenvalue weighted by Gasteiger charge is -2.29. The van der Waals surface area contributed by atoms with E-state index in [1.165, 1.54) is 0 Å². The van der Waals surface area contributed by atoms with E-state index in [0.717, 1.165) is 22.5 Å². The van der Waals surface area contributed by atoms with Crippen LogP contribution in [0.4, 0.5) is 14.9 Å². The van der Waals surface area contributed by atoms with E-state index in [9.17, 15) is 9.18 Å². The molecule has 2 unspecified atom stereocenters. The average molecular weight is 373 g/mol. The summed E-state index contributed by atoms with van der Waals surface area (Å²) in [6.07, 6.45) is 2.52. The van der Waals surface area contributed by atoms with Gasteiger partial charge in [-0.2, -0.15) is 0 Å². The number of alkyl halides is 1. The highest BCUT2D eigenvalue weighted by molar-refractivity contribution is 5.96. The molecule has 0 fully saturated rings. The molecule has 2 aliphatic rings. The van der Waals surface area contributed by atoms with Crippen LogP contribution in [0.3, 0.4) is 0 Å². The van der Waals surface area contributed by atoms with Gasteiger partial charge in [-0.1, -0.05) is 12.1 Å². The number of halogens is 1. The lowest BCUT2D eigenvalue weighted by Crippen LogP contribution is -2.51. The maximum Gasteiger partial charge on any atom is 0.327 e. The number of benzene rings is 1. The van der Waals surface area contributed by atoms with E-state index in [-0.39, 0.29) is 31.2 Å². The summed E-state index contributed by atoms with van der Waals surface area (Å²) in [5, 5.41) is 9.12. The minimum atomic E-state index is -1.15. The Balaban J connectivity index is 1.56. The fourth-order valence-corrected chi connectivity index (χ4v) is 2.93. The van der Waals surface area contributed by atoms with Gasteiger partial charge in [0.15, 0.2) is 5.96 Å². The molecule has 2 aliphatic heterocycles. The van der Waals surface area contributed by atoms with Gasteiger partial charge in [-0.05, 0) is 30.7 Å². The SMILES string of the molecule is CC1=CC2=CN(c3ccc(CNCC(F)CN=C(N)N)cc3)C(=O)NC2N1. The van der Waals surface area contributed by atoms with Gasteiger partial charge in [0.25, 0.3) is 0 Å². The molecule has 0 saturated carbocycles. The molecule has 8 nitrogen and oxygen atoms in total. The smallest absolute Gasteiger partial charge is 0.327 e. The Bertz CT molecular complexity index is 783. The van der Waals surface area contributed by atoms with E-state index in [4.69, 9.17) is 11.5 Å². The number of hydrogen-bond acceptors (Lipinski definition) is 4. The van der Waals surface area contributed by atoms with Gasteiger partial charge in [-0.15, -0.1) is 0 Å². The number of amides is 2. The molecule has 7 N–H and O–H groups in total. The number of anilines is 1. The Labute approximate surface area is 157 Å². The molecule has 0 aliphatic carbocycles. The highest BCUT2D eigenvalue weighted by atomic mass is 19.1. The molecule has 144 valence electrons. The number of guanidine groups is 1. The highest BCUT2D eigenvalue weighted by Crippen LogP contribution is 2.24. The summed E-state index contributed by atoms with van der Waals surface area (Å²) in [6, 6.07) is 7.33. The number of nitrogens with two attached hydrogens (primary N) is 2. The van der Waals surface area contributed by atoms with Crippen molar-refractivity contribution in [3.8, 4) is 0 Å². The molecule has 0 spiro atoms. The maximum atomic E-state index is 13.6. The van der Waals surface area contributed by atoms with Crippen LogP contribution in [-0.2, 0) is 6.54 Å². The summed E-state index contributed by atoms with van der Waals surface area (Å²) in [5.41, 5.74) is 14.1. The van der Waals surface area contributed by atoms with Gasteiger partial charge < -0.3 is 27.4 Å². The van der Waals surface area contributed by atoms with Crippen molar-refractivity contribution in [3.05, 3.63) is 53.4 Å². The molecule has 27 heavy (non-hydrogen) atoms. The van der Waals surface area contributed by atoms with Crippen LogP contribution in [0.2, 0.25) is 0 Å². The molecular formula is C18H24FN7O. The van der Waals surface area contributed by atoms with E-state index < -0.39 is 6.17 Å². The number of fused-ring (bicyclic) bond motifs is 1. The lowest BCUT2D eigenvalue weighted by molar-refractivity contribution is 0.243. The van der Waals surface area contributed by atoms with Crippen molar-refractivity contribution in [1.29, 1.82) is 0 Å². The van der Waals surface area contributed by atoms with Gasteiger partial charge in [0.05, 0.1) is 12.2 Å². The summed E-state index contributed by atoms with van der Waals surface area (Å²) >= 11 is 0. The number of hydrogen-bond donors (Lipinski definition) is 5. The summed E-state index contributed by atoms with van der Waals surface area (Å²) < 4.78 is 13.6. The standard InChI is InChI=1S/C18H24FN7O/c1-11-6-13-10-26(18(27)25-16(13)24-11)15-4-2-12(3-5-15)7-22-8-14(19)9-23-17(20)21/h2-6,10,14,16,22,24H,7-9H2,1H3,(H,25,27)(H4,20,21,23). The fourth-order valence-electron chi connectivity index (χ4n) is 2.93. The van der Waals surface area contributed by atoms with Crippen LogP contribution < -0.4 is 32.3 Å². The Hall–Kier alpha value is -3.07. The zero-order valence-corrected chi connectivity index (χ0v) is 15.1. The Morgan fingerprint density at radius 2 is 2.07 bits per heavy atom. The van der Waals surface area contributed by atoms with Crippen LogP contribution in [-0.4, -0.2) is 37.4 Å². The molecule has 2 amide bonds. The normalized spacial score (nSPS) is 19.4. The number of carbonyl (C=O) groups is 1. The Morgan fingerprint density at radius 1 is 1.33 bits per heavy atom. The van der Waals surface area contributed by atoms with Crippen LogP contribution in [0.25, 0.3) is 0 Å². The van der Waals surface area contributed by atoms with Crippen molar-refractivity contribution in [1.82, 2.24) is 16.0 Å². The molecule has 2 atom stereocenters. The number of urea groups is 1. The van der Waals surface area contributed by atoms with Crippen LogP contribution in [0.15, 0.2) is 52.8 Å². The number of nitrogens with one attached hydrogen (secondary N) is 3. The third-order valence-corrected chi connectivity index (χ3v) is 4.23. The number of nitrogens with zero attached hydrogens (tertiary/aromatic N) is 2. The largest absolute Gasteiger partial charge is 0.370 e. The molecule has 0 aromatic heterocycles. The summed E-state index contributed by atoms with van der Waals surface area (Å²) in [6.45, 7) is 2.55. The van der Waals surface area contributed by atoms with Gasteiger partial charge in [-0.3, -0.25) is 9.89 Å². The molecule has 3 rings (SSSR count). The van der Waals surface area contributed by atoms with Crippen molar-refractivity contribution < 1.29 is 9.18 Å². The van der Waals surface area contributed by atoms with Crippen LogP contribution >= 0.6 is 0 Å². The Morgan fingerprint density at radius 3 is 2.78 bits per heavy atom. The topological polar surface area (TPSA) is 121 Å². The zero-order valence-electron chi connectivity index (χ0n) is 15.1. The summed E-state index contributed by atoms with van der Waals surface area (Å²) in [5.74, 6) is -0.115. The minimum absolute atomic E-state index is 0.0587. The Kier molecular flexibility index (Phi) is 5.60. The first kappa shape index (κ1) is 18.7. The molecule has 1 aromatic carbocycles. The molecular weight excluding hydrogens is 349 g/mol. The van der Waals surface area contributed by atoms with Crippen molar-refractivity contribution in [2.75, 3.05) is 18.0 Å². The predicted molar refractivity (Wildman–Crippen MR) is 103 cm³/mol.